The van der Waals surface area contributed by atoms with Crippen molar-refractivity contribution in [3.05, 3.63) is 70.8 Å². The Bertz CT molecular complexity index is 945. The Morgan fingerprint density at radius 3 is 2.27 bits per heavy atom. The van der Waals surface area contributed by atoms with E-state index in [2.05, 4.69) is 13.8 Å². The third-order valence-electron chi connectivity index (χ3n) is 4.99. The highest BCUT2D eigenvalue weighted by Gasteiger charge is 2.45. The number of aliphatic hydroxyl groups is 2. The van der Waals surface area contributed by atoms with Crippen molar-refractivity contribution in [3.63, 3.8) is 0 Å². The van der Waals surface area contributed by atoms with E-state index in [1.807, 2.05) is 31.2 Å². The first-order valence-corrected chi connectivity index (χ1v) is 10.0. The topological polar surface area (TPSA) is 87.1 Å². The molecule has 30 heavy (non-hydrogen) atoms. The van der Waals surface area contributed by atoms with Gasteiger partial charge in [-0.15, -0.1) is 0 Å². The summed E-state index contributed by atoms with van der Waals surface area (Å²) < 4.78 is 5.66. The smallest absolute Gasteiger partial charge is 0.295 e. The number of hydrogen-bond donors (Lipinski definition) is 2. The number of nitrogens with zero attached hydrogens (tertiary/aromatic N) is 1. The minimum absolute atomic E-state index is 0.00186. The molecule has 1 atom stereocenters. The molecule has 0 radical (unpaired) electrons. The van der Waals surface area contributed by atoms with E-state index >= 15 is 0 Å². The lowest BCUT2D eigenvalue weighted by Crippen LogP contribution is -2.32. The van der Waals surface area contributed by atoms with Crippen LogP contribution in [-0.2, 0) is 9.59 Å². The molecule has 1 unspecified atom stereocenters. The molecule has 0 aromatic heterocycles. The average molecular weight is 409 g/mol. The third-order valence-corrected chi connectivity index (χ3v) is 4.99. The van der Waals surface area contributed by atoms with E-state index in [1.54, 1.807) is 24.3 Å². The maximum Gasteiger partial charge on any atom is 0.295 e. The summed E-state index contributed by atoms with van der Waals surface area (Å²) in [5.74, 6) is -0.680. The Morgan fingerprint density at radius 1 is 1.07 bits per heavy atom. The number of carbonyl (C=O) groups is 2. The highest BCUT2D eigenvalue weighted by Crippen LogP contribution is 2.39. The molecule has 0 bridgehead atoms. The average Bonchev–Trinajstić information content (AvgIpc) is 2.98. The molecule has 2 aromatic carbocycles. The lowest BCUT2D eigenvalue weighted by Gasteiger charge is -2.24. The molecule has 6 heteroatoms. The number of ketones is 1. The molecule has 1 amide bonds. The van der Waals surface area contributed by atoms with E-state index in [1.165, 1.54) is 4.90 Å². The number of amides is 1. The lowest BCUT2D eigenvalue weighted by atomic mass is 9.94. The van der Waals surface area contributed by atoms with Crippen LogP contribution in [0.25, 0.3) is 5.76 Å². The summed E-state index contributed by atoms with van der Waals surface area (Å²) in [5.41, 5.74) is 2.18. The van der Waals surface area contributed by atoms with Gasteiger partial charge in [-0.05, 0) is 42.7 Å². The third kappa shape index (κ3) is 4.39. The highest BCUT2D eigenvalue weighted by molar-refractivity contribution is 6.46. The first-order valence-electron chi connectivity index (χ1n) is 10.0. The van der Waals surface area contributed by atoms with Gasteiger partial charge in [0, 0.05) is 12.1 Å². The fraction of sp³-hybridized carbons (Fsp3) is 0.333. The number of rotatable bonds is 7. The van der Waals surface area contributed by atoms with Crippen LogP contribution in [0.5, 0.6) is 5.75 Å². The Balaban J connectivity index is 2.02. The Hall–Kier alpha value is -3.12. The summed E-state index contributed by atoms with van der Waals surface area (Å²) in [4.78, 5) is 26.7. The normalized spacial score (nSPS) is 18.3. The number of Topliss-reactive ketones (excluding diaryl/α,β-unsaturated/α-hetero) is 1. The van der Waals surface area contributed by atoms with Crippen LogP contribution in [0.15, 0.2) is 54.1 Å². The van der Waals surface area contributed by atoms with Gasteiger partial charge in [-0.25, -0.2) is 0 Å². The van der Waals surface area contributed by atoms with Gasteiger partial charge in [0.05, 0.1) is 24.8 Å². The standard InChI is InChI=1S/C24H27NO5/c1-15(2)14-30-19-10-8-18(9-11-19)22(27)20-21(17-6-4-16(3)5-7-17)25(12-13-26)24(29)23(20)28/h4-11,15,21,26-27H,12-14H2,1-3H3/b22-20-. The summed E-state index contributed by atoms with van der Waals surface area (Å²) in [6.45, 7) is 6.34. The fourth-order valence-electron chi connectivity index (χ4n) is 3.44. The van der Waals surface area contributed by atoms with Crippen LogP contribution < -0.4 is 4.74 Å². The predicted octanol–water partition coefficient (Wildman–Crippen LogP) is 3.44. The quantitative estimate of drug-likeness (QED) is 0.416. The van der Waals surface area contributed by atoms with Gasteiger partial charge >= 0.3 is 0 Å². The zero-order chi connectivity index (χ0) is 21.8. The first kappa shape index (κ1) is 21.6. The van der Waals surface area contributed by atoms with Crippen molar-refractivity contribution in [1.82, 2.24) is 4.90 Å². The number of β-amino-alcohol motifs (C(OH)–C–C–N with tert-alkyl or cyclic N) is 1. The maximum atomic E-state index is 12.8. The largest absolute Gasteiger partial charge is 0.507 e. The SMILES string of the molecule is Cc1ccc(C2/C(=C(/O)c3ccc(OCC(C)C)cc3)C(=O)C(=O)N2CCO)cc1. The van der Waals surface area contributed by atoms with Crippen molar-refractivity contribution >= 4 is 17.4 Å². The molecule has 3 rings (SSSR count). The van der Waals surface area contributed by atoms with Crippen LogP contribution >= 0.6 is 0 Å². The minimum atomic E-state index is -0.758. The molecule has 0 spiro atoms. The molecule has 1 heterocycles. The molecule has 1 fully saturated rings. The summed E-state index contributed by atoms with van der Waals surface area (Å²) in [5, 5.41) is 20.4. The van der Waals surface area contributed by atoms with Gasteiger partial charge in [0.25, 0.3) is 11.7 Å². The summed E-state index contributed by atoms with van der Waals surface area (Å²) in [7, 11) is 0. The Morgan fingerprint density at radius 2 is 1.70 bits per heavy atom. The van der Waals surface area contributed by atoms with Crippen LogP contribution in [0.2, 0.25) is 0 Å². The van der Waals surface area contributed by atoms with Crippen molar-refractivity contribution in [2.24, 2.45) is 5.92 Å². The van der Waals surface area contributed by atoms with Crippen molar-refractivity contribution in [1.29, 1.82) is 0 Å². The van der Waals surface area contributed by atoms with Crippen LogP contribution in [0.1, 0.15) is 36.6 Å². The monoisotopic (exact) mass is 409 g/mol. The van der Waals surface area contributed by atoms with Gasteiger partial charge < -0.3 is 19.8 Å². The van der Waals surface area contributed by atoms with E-state index in [9.17, 15) is 19.8 Å². The van der Waals surface area contributed by atoms with Crippen LogP contribution in [0.4, 0.5) is 0 Å². The number of benzene rings is 2. The van der Waals surface area contributed by atoms with Crippen molar-refractivity contribution < 1.29 is 24.5 Å². The van der Waals surface area contributed by atoms with E-state index in [0.717, 1.165) is 5.56 Å². The van der Waals surface area contributed by atoms with Crippen LogP contribution in [0, 0.1) is 12.8 Å². The summed E-state index contributed by atoms with van der Waals surface area (Å²) in [6, 6.07) is 13.4. The van der Waals surface area contributed by atoms with Crippen LogP contribution in [0.3, 0.4) is 0 Å². The molecule has 0 aliphatic carbocycles. The van der Waals surface area contributed by atoms with E-state index in [0.29, 0.717) is 29.4 Å². The van der Waals surface area contributed by atoms with Crippen LogP contribution in [-0.4, -0.2) is 46.6 Å². The second kappa shape index (κ2) is 9.13. The van der Waals surface area contributed by atoms with Crippen molar-refractivity contribution in [2.45, 2.75) is 26.8 Å². The zero-order valence-corrected chi connectivity index (χ0v) is 17.5. The van der Waals surface area contributed by atoms with E-state index in [4.69, 9.17) is 4.74 Å². The molecule has 1 aliphatic heterocycles. The second-order valence-corrected chi connectivity index (χ2v) is 7.86. The number of aryl methyl sites for hydroxylation is 1. The van der Waals surface area contributed by atoms with Gasteiger partial charge in [0.15, 0.2) is 0 Å². The van der Waals surface area contributed by atoms with Crippen molar-refractivity contribution in [3.8, 4) is 5.75 Å². The first-order chi connectivity index (χ1) is 14.3. The van der Waals surface area contributed by atoms with Gasteiger partial charge in [0.1, 0.15) is 11.5 Å². The highest BCUT2D eigenvalue weighted by atomic mass is 16.5. The molecule has 1 saturated heterocycles. The molecule has 1 aliphatic rings. The Labute approximate surface area is 176 Å². The molecule has 6 nitrogen and oxygen atoms in total. The van der Waals surface area contributed by atoms with E-state index in [-0.39, 0.29) is 24.5 Å². The number of aliphatic hydroxyl groups excluding tert-OH is 2. The van der Waals surface area contributed by atoms with E-state index < -0.39 is 17.7 Å². The zero-order valence-electron chi connectivity index (χ0n) is 17.5. The Kier molecular flexibility index (Phi) is 6.57. The maximum absolute atomic E-state index is 12.8. The molecule has 0 saturated carbocycles. The number of likely N-dealkylation sites (tertiary alicyclic amines) is 1. The van der Waals surface area contributed by atoms with Crippen molar-refractivity contribution in [2.75, 3.05) is 19.8 Å². The van der Waals surface area contributed by atoms with Gasteiger partial charge in [0.2, 0.25) is 0 Å². The summed E-state index contributed by atoms with van der Waals surface area (Å²) in [6.07, 6.45) is 0. The predicted molar refractivity (Wildman–Crippen MR) is 114 cm³/mol. The number of hydrogen-bond acceptors (Lipinski definition) is 5. The molecular weight excluding hydrogens is 382 g/mol. The van der Waals surface area contributed by atoms with Gasteiger partial charge in [-0.2, -0.15) is 0 Å². The number of ether oxygens (including phenoxy) is 1. The van der Waals surface area contributed by atoms with Gasteiger partial charge in [-0.1, -0.05) is 43.7 Å². The molecule has 2 N–H and O–H groups in total. The molecule has 158 valence electrons. The minimum Gasteiger partial charge on any atom is -0.507 e. The lowest BCUT2D eigenvalue weighted by molar-refractivity contribution is -0.140. The number of carbonyl (C=O) groups excluding carboxylic acids is 2. The van der Waals surface area contributed by atoms with Gasteiger partial charge in [-0.3, -0.25) is 9.59 Å². The summed E-state index contributed by atoms with van der Waals surface area (Å²) >= 11 is 0. The second-order valence-electron chi connectivity index (χ2n) is 7.86. The fourth-order valence-corrected chi connectivity index (χ4v) is 3.44. The molecular formula is C24H27NO5. The molecule has 2 aromatic rings.